The van der Waals surface area contributed by atoms with Crippen molar-refractivity contribution in [3.63, 3.8) is 0 Å². The molecule has 0 N–H and O–H groups in total. The average Bonchev–Trinajstić information content (AvgIpc) is 2.79. The summed E-state index contributed by atoms with van der Waals surface area (Å²) in [5.41, 5.74) is 2.27. The van der Waals surface area contributed by atoms with Gasteiger partial charge < -0.3 is 4.74 Å². The molecule has 0 bridgehead atoms. The van der Waals surface area contributed by atoms with Gasteiger partial charge in [-0.05, 0) is 30.2 Å². The molecule has 0 aliphatic heterocycles. The van der Waals surface area contributed by atoms with E-state index in [4.69, 9.17) is 4.74 Å². The second kappa shape index (κ2) is 10.2. The molecule has 3 aromatic rings. The summed E-state index contributed by atoms with van der Waals surface area (Å²) in [5.74, 6) is -1.58. The maximum absolute atomic E-state index is 13.0. The van der Waals surface area contributed by atoms with Crippen LogP contribution in [0, 0.1) is 17.0 Å². The smallest absolute Gasteiger partial charge is 0.285 e. The number of ether oxygens (including phenoxy) is 1. The van der Waals surface area contributed by atoms with Crippen molar-refractivity contribution < 1.29 is 18.1 Å². The molecule has 166 valence electrons. The lowest BCUT2D eigenvalue weighted by atomic mass is 9.81. The topological polar surface area (TPSA) is 98.9 Å². The van der Waals surface area contributed by atoms with Gasteiger partial charge in [0.25, 0.3) is 10.0 Å². The fraction of sp³-hybridized carbons (Fsp3) is 0.208. The van der Waals surface area contributed by atoms with Crippen molar-refractivity contribution in [1.82, 2.24) is 0 Å². The van der Waals surface area contributed by atoms with Crippen molar-refractivity contribution in [2.45, 2.75) is 23.7 Å². The Balaban J connectivity index is 2.18. The number of nitrogens with zero attached hydrogens (tertiary/aromatic N) is 2. The van der Waals surface area contributed by atoms with E-state index < -0.39 is 33.3 Å². The summed E-state index contributed by atoms with van der Waals surface area (Å²) in [6.07, 6.45) is 0. The average molecular weight is 453 g/mol. The van der Waals surface area contributed by atoms with Crippen LogP contribution in [0.3, 0.4) is 0 Å². The minimum Gasteiger partial charge on any atom is -0.483 e. The first-order valence-corrected chi connectivity index (χ1v) is 11.4. The Labute approximate surface area is 187 Å². The number of hydrogen-bond acceptors (Lipinski definition) is 5. The van der Waals surface area contributed by atoms with Gasteiger partial charge >= 0.3 is 0 Å². The molecule has 2 atom stereocenters. The molecular weight excluding hydrogens is 428 g/mol. The van der Waals surface area contributed by atoms with E-state index in [9.17, 15) is 18.5 Å². The summed E-state index contributed by atoms with van der Waals surface area (Å²) >= 11 is 0. The lowest BCUT2D eigenvalue weighted by Gasteiger charge is -2.25. The summed E-state index contributed by atoms with van der Waals surface area (Å²) in [5, 5.41) is 11.6. The molecule has 0 radical (unpaired) electrons. The van der Waals surface area contributed by atoms with E-state index in [0.29, 0.717) is 11.1 Å². The van der Waals surface area contributed by atoms with E-state index in [1.165, 1.54) is 19.2 Å². The molecule has 0 aliphatic rings. The summed E-state index contributed by atoms with van der Waals surface area (Å²) in [7, 11) is -2.77. The van der Waals surface area contributed by atoms with Gasteiger partial charge in [-0.2, -0.15) is 8.42 Å². The lowest BCUT2D eigenvalue weighted by molar-refractivity contribution is -0.483. The van der Waals surface area contributed by atoms with E-state index in [-0.39, 0.29) is 10.8 Å². The van der Waals surface area contributed by atoms with Gasteiger partial charge in [-0.15, -0.1) is 4.40 Å². The maximum Gasteiger partial charge on any atom is 0.285 e. The lowest BCUT2D eigenvalue weighted by Crippen LogP contribution is -2.28. The highest BCUT2D eigenvalue weighted by Crippen LogP contribution is 2.35. The molecule has 0 saturated carbocycles. The zero-order chi connectivity index (χ0) is 23.1. The minimum absolute atomic E-state index is 0.0231. The third-order valence-corrected chi connectivity index (χ3v) is 6.43. The summed E-state index contributed by atoms with van der Waals surface area (Å²) in [4.78, 5) is 11.2. The van der Waals surface area contributed by atoms with E-state index in [1.54, 1.807) is 60.7 Å². The molecule has 32 heavy (non-hydrogen) atoms. The van der Waals surface area contributed by atoms with Crippen molar-refractivity contribution in [1.29, 1.82) is 0 Å². The van der Waals surface area contributed by atoms with E-state index in [1.807, 2.05) is 19.1 Å². The number of rotatable bonds is 8. The first-order valence-electron chi connectivity index (χ1n) is 9.99. The SMILES string of the molecule is CO/C(=N\S(=O)(=O)c1ccc(C)cc1)C(c1ccccc1)C(C[N+](=O)[O-])c1ccccc1. The molecule has 3 rings (SSSR count). The van der Waals surface area contributed by atoms with Gasteiger partial charge in [0.2, 0.25) is 12.4 Å². The Morgan fingerprint density at radius 3 is 1.97 bits per heavy atom. The van der Waals surface area contributed by atoms with Crippen molar-refractivity contribution in [2.75, 3.05) is 13.7 Å². The van der Waals surface area contributed by atoms with Crippen LogP contribution >= 0.6 is 0 Å². The first-order chi connectivity index (χ1) is 15.3. The number of benzene rings is 3. The highest BCUT2D eigenvalue weighted by Gasteiger charge is 2.35. The van der Waals surface area contributed by atoms with Gasteiger partial charge in [0.05, 0.1) is 23.8 Å². The molecule has 7 nitrogen and oxygen atoms in total. The van der Waals surface area contributed by atoms with Crippen LogP contribution in [0.1, 0.15) is 28.5 Å². The highest BCUT2D eigenvalue weighted by molar-refractivity contribution is 7.90. The zero-order valence-corrected chi connectivity index (χ0v) is 18.6. The van der Waals surface area contributed by atoms with Crippen LogP contribution < -0.4 is 0 Å². The zero-order valence-electron chi connectivity index (χ0n) is 17.8. The molecule has 0 heterocycles. The quantitative estimate of drug-likeness (QED) is 0.216. The number of methoxy groups -OCH3 is 1. The normalized spacial score (nSPS) is 13.9. The van der Waals surface area contributed by atoms with Crippen LogP contribution in [0.5, 0.6) is 0 Å². The molecule has 0 spiro atoms. The van der Waals surface area contributed by atoms with Crippen LogP contribution in [-0.2, 0) is 14.8 Å². The summed E-state index contributed by atoms with van der Waals surface area (Å²) in [6, 6.07) is 24.3. The second-order valence-corrected chi connectivity index (χ2v) is 8.95. The van der Waals surface area contributed by atoms with Crippen LogP contribution in [0.25, 0.3) is 0 Å². The van der Waals surface area contributed by atoms with E-state index in [0.717, 1.165) is 5.56 Å². The van der Waals surface area contributed by atoms with E-state index in [2.05, 4.69) is 4.40 Å². The number of hydrogen-bond donors (Lipinski definition) is 0. The predicted molar refractivity (Wildman–Crippen MR) is 123 cm³/mol. The van der Waals surface area contributed by atoms with Crippen molar-refractivity contribution in [3.05, 3.63) is 112 Å². The standard InChI is InChI=1S/C24H24N2O5S/c1-18-13-15-21(16-14-18)32(29,30)25-24(31-2)23(20-11-7-4-8-12-20)22(17-26(27)28)19-9-5-3-6-10-19/h3-16,22-23H,17H2,1-2H3/b25-24-. The molecule has 3 aromatic carbocycles. The molecule has 0 fully saturated rings. The van der Waals surface area contributed by atoms with Gasteiger partial charge in [0.15, 0.2) is 0 Å². The summed E-state index contributed by atoms with van der Waals surface area (Å²) < 4.78 is 35.5. The molecule has 2 unspecified atom stereocenters. The van der Waals surface area contributed by atoms with Crippen LogP contribution in [-0.4, -0.2) is 32.9 Å². The largest absolute Gasteiger partial charge is 0.483 e. The molecule has 8 heteroatoms. The molecule has 0 aliphatic carbocycles. The number of aryl methyl sites for hydroxylation is 1. The fourth-order valence-corrected chi connectivity index (χ4v) is 4.58. The third kappa shape index (κ3) is 5.59. The molecular formula is C24H24N2O5S. The monoisotopic (exact) mass is 452 g/mol. The van der Waals surface area contributed by atoms with Crippen LogP contribution in [0.2, 0.25) is 0 Å². The van der Waals surface area contributed by atoms with Crippen molar-refractivity contribution in [3.8, 4) is 0 Å². The van der Waals surface area contributed by atoms with Gasteiger partial charge in [0, 0.05) is 4.92 Å². The van der Waals surface area contributed by atoms with Gasteiger partial charge in [-0.25, -0.2) is 0 Å². The third-order valence-electron chi connectivity index (χ3n) is 5.14. The van der Waals surface area contributed by atoms with Gasteiger partial charge in [-0.3, -0.25) is 10.1 Å². The Kier molecular flexibility index (Phi) is 7.37. The Morgan fingerprint density at radius 2 is 1.47 bits per heavy atom. The van der Waals surface area contributed by atoms with Crippen LogP contribution in [0.15, 0.2) is 94.2 Å². The van der Waals surface area contributed by atoms with Crippen LogP contribution in [0.4, 0.5) is 0 Å². The summed E-state index contributed by atoms with van der Waals surface area (Å²) in [6.45, 7) is 1.43. The molecule has 0 aromatic heterocycles. The van der Waals surface area contributed by atoms with E-state index >= 15 is 0 Å². The Bertz CT molecular complexity index is 1180. The highest BCUT2D eigenvalue weighted by atomic mass is 32.2. The first kappa shape index (κ1) is 23.1. The van der Waals surface area contributed by atoms with Crippen molar-refractivity contribution in [2.24, 2.45) is 4.40 Å². The Morgan fingerprint density at radius 1 is 0.938 bits per heavy atom. The molecule has 0 saturated heterocycles. The molecule has 0 amide bonds. The Hall–Kier alpha value is -3.52. The van der Waals surface area contributed by atoms with Gasteiger partial charge in [0.1, 0.15) is 0 Å². The maximum atomic E-state index is 13.0. The van der Waals surface area contributed by atoms with Gasteiger partial charge in [-0.1, -0.05) is 78.4 Å². The number of nitro groups is 1. The second-order valence-electron chi connectivity index (χ2n) is 7.34. The fourth-order valence-electron chi connectivity index (χ4n) is 3.57. The minimum atomic E-state index is -4.09. The predicted octanol–water partition coefficient (Wildman–Crippen LogP) is 4.57. The number of sulfonamides is 1. The van der Waals surface area contributed by atoms with Crippen molar-refractivity contribution >= 4 is 15.9 Å².